The second-order valence-corrected chi connectivity index (χ2v) is 8.43. The fourth-order valence-electron chi connectivity index (χ4n) is 3.38. The Morgan fingerprint density at radius 2 is 1.89 bits per heavy atom. The van der Waals surface area contributed by atoms with E-state index in [0.717, 1.165) is 23.1 Å². The first kappa shape index (κ1) is 21.1. The van der Waals surface area contributed by atoms with Gasteiger partial charge in [0.2, 0.25) is 0 Å². The molecule has 150 valence electrons. The highest BCUT2D eigenvalue weighted by molar-refractivity contribution is 9.10. The average Bonchev–Trinajstić information content (AvgIpc) is 2.67. The molecule has 0 N–H and O–H groups in total. The normalized spacial score (nSPS) is 20.2. The molecular formula is C21H23BrClFN2O2. The van der Waals surface area contributed by atoms with Gasteiger partial charge in [-0.15, -0.1) is 0 Å². The summed E-state index contributed by atoms with van der Waals surface area (Å²) in [5.41, 5.74) is 1.07. The maximum atomic E-state index is 13.1. The lowest BCUT2D eigenvalue weighted by molar-refractivity contribution is -0.139. The smallest absolute Gasteiger partial charge is 0.260 e. The van der Waals surface area contributed by atoms with Crippen molar-refractivity contribution in [1.82, 2.24) is 9.80 Å². The molecule has 1 heterocycles. The fraction of sp³-hybridized carbons (Fsp3) is 0.381. The molecule has 2 aromatic carbocycles. The Hall–Kier alpha value is -1.63. The van der Waals surface area contributed by atoms with Gasteiger partial charge >= 0.3 is 0 Å². The molecule has 1 saturated heterocycles. The molecule has 1 aliphatic rings. The van der Waals surface area contributed by atoms with Gasteiger partial charge in [0.1, 0.15) is 11.6 Å². The zero-order chi connectivity index (χ0) is 20.3. The van der Waals surface area contributed by atoms with Crippen molar-refractivity contribution in [3.8, 4) is 5.75 Å². The van der Waals surface area contributed by atoms with Crippen molar-refractivity contribution in [3.05, 3.63) is 63.3 Å². The predicted molar refractivity (Wildman–Crippen MR) is 112 cm³/mol. The number of hydrogen-bond donors (Lipinski definition) is 0. The van der Waals surface area contributed by atoms with Gasteiger partial charge in [0, 0.05) is 36.2 Å². The summed E-state index contributed by atoms with van der Waals surface area (Å²) < 4.78 is 19.5. The number of hydrogen-bond acceptors (Lipinski definition) is 3. The maximum Gasteiger partial charge on any atom is 0.260 e. The number of benzene rings is 2. The topological polar surface area (TPSA) is 32.8 Å². The van der Waals surface area contributed by atoms with Gasteiger partial charge in [0.15, 0.2) is 6.61 Å². The Bertz CT molecular complexity index is 834. The van der Waals surface area contributed by atoms with Crippen LogP contribution in [0, 0.1) is 5.82 Å². The minimum atomic E-state index is -0.229. The van der Waals surface area contributed by atoms with E-state index in [1.54, 1.807) is 30.3 Å². The van der Waals surface area contributed by atoms with Crippen LogP contribution in [-0.4, -0.2) is 47.5 Å². The molecule has 4 nitrogen and oxygen atoms in total. The second kappa shape index (κ2) is 9.25. The van der Waals surface area contributed by atoms with Crippen LogP contribution in [0.25, 0.3) is 0 Å². The van der Waals surface area contributed by atoms with Crippen molar-refractivity contribution in [3.63, 3.8) is 0 Å². The molecule has 1 fully saturated rings. The number of nitrogens with zero attached hydrogens (tertiary/aromatic N) is 2. The van der Waals surface area contributed by atoms with Gasteiger partial charge in [-0.2, -0.15) is 0 Å². The van der Waals surface area contributed by atoms with Gasteiger partial charge in [-0.25, -0.2) is 4.39 Å². The SMILES string of the molecule is CC1CN(C(=O)COc2ccc(Br)c(Cl)c2)C(C)CN1Cc1ccc(F)cc1. The van der Waals surface area contributed by atoms with Crippen LogP contribution in [0.2, 0.25) is 5.02 Å². The van der Waals surface area contributed by atoms with E-state index in [1.807, 2.05) is 11.8 Å². The first-order valence-electron chi connectivity index (χ1n) is 9.19. The monoisotopic (exact) mass is 468 g/mol. The lowest BCUT2D eigenvalue weighted by Crippen LogP contribution is -2.58. The molecule has 0 aromatic heterocycles. The largest absolute Gasteiger partial charge is 0.484 e. The number of amides is 1. The van der Waals surface area contributed by atoms with E-state index < -0.39 is 0 Å². The van der Waals surface area contributed by atoms with Crippen molar-refractivity contribution in [2.75, 3.05) is 19.7 Å². The highest BCUT2D eigenvalue weighted by Crippen LogP contribution is 2.27. The number of carbonyl (C=O) groups excluding carboxylic acids is 1. The summed E-state index contributed by atoms with van der Waals surface area (Å²) in [6.45, 7) is 6.25. The summed E-state index contributed by atoms with van der Waals surface area (Å²) in [4.78, 5) is 16.9. The lowest BCUT2D eigenvalue weighted by Gasteiger charge is -2.44. The quantitative estimate of drug-likeness (QED) is 0.634. The van der Waals surface area contributed by atoms with E-state index in [1.165, 1.54) is 12.1 Å². The zero-order valence-corrected chi connectivity index (χ0v) is 18.2. The molecule has 0 spiro atoms. The maximum absolute atomic E-state index is 13.1. The van der Waals surface area contributed by atoms with E-state index >= 15 is 0 Å². The third-order valence-electron chi connectivity index (χ3n) is 4.99. The fourth-order valence-corrected chi connectivity index (χ4v) is 3.80. The van der Waals surface area contributed by atoms with Crippen LogP contribution in [0.4, 0.5) is 4.39 Å². The van der Waals surface area contributed by atoms with Crippen LogP contribution in [-0.2, 0) is 11.3 Å². The Morgan fingerprint density at radius 3 is 2.57 bits per heavy atom. The Morgan fingerprint density at radius 1 is 1.18 bits per heavy atom. The molecule has 0 radical (unpaired) electrons. The van der Waals surface area contributed by atoms with Crippen LogP contribution in [0.5, 0.6) is 5.75 Å². The Balaban J connectivity index is 1.56. The Kier molecular flexibility index (Phi) is 6.96. The molecule has 7 heteroatoms. The molecule has 1 aliphatic heterocycles. The van der Waals surface area contributed by atoms with Gasteiger partial charge in [0.05, 0.1) is 5.02 Å². The molecule has 3 rings (SSSR count). The summed E-state index contributed by atoms with van der Waals surface area (Å²) >= 11 is 9.40. The van der Waals surface area contributed by atoms with E-state index in [0.29, 0.717) is 17.3 Å². The zero-order valence-electron chi connectivity index (χ0n) is 15.9. The molecule has 2 aromatic rings. The Labute approximate surface area is 178 Å². The molecule has 0 aliphatic carbocycles. The highest BCUT2D eigenvalue weighted by atomic mass is 79.9. The molecule has 1 amide bonds. The van der Waals surface area contributed by atoms with Crippen LogP contribution in [0.1, 0.15) is 19.4 Å². The minimum absolute atomic E-state index is 0.0208. The molecule has 0 bridgehead atoms. The van der Waals surface area contributed by atoms with E-state index in [2.05, 4.69) is 27.8 Å². The first-order chi connectivity index (χ1) is 13.3. The molecule has 0 saturated carbocycles. The van der Waals surface area contributed by atoms with Crippen molar-refractivity contribution in [2.24, 2.45) is 0 Å². The summed E-state index contributed by atoms with van der Waals surface area (Å²) in [7, 11) is 0. The van der Waals surface area contributed by atoms with Gasteiger partial charge < -0.3 is 9.64 Å². The van der Waals surface area contributed by atoms with Crippen LogP contribution >= 0.6 is 27.5 Å². The summed E-state index contributed by atoms with van der Waals surface area (Å²) in [6.07, 6.45) is 0. The number of ether oxygens (including phenoxy) is 1. The molecule has 2 unspecified atom stereocenters. The van der Waals surface area contributed by atoms with Crippen LogP contribution < -0.4 is 4.74 Å². The lowest BCUT2D eigenvalue weighted by atomic mass is 10.1. The molecular weight excluding hydrogens is 447 g/mol. The third-order valence-corrected chi connectivity index (χ3v) is 6.22. The number of halogens is 3. The van der Waals surface area contributed by atoms with Crippen molar-refractivity contribution in [2.45, 2.75) is 32.5 Å². The predicted octanol–water partition coefficient (Wildman–Crippen LogP) is 4.74. The van der Waals surface area contributed by atoms with Crippen molar-refractivity contribution in [1.29, 1.82) is 0 Å². The van der Waals surface area contributed by atoms with E-state index in [9.17, 15) is 9.18 Å². The minimum Gasteiger partial charge on any atom is -0.484 e. The van der Waals surface area contributed by atoms with E-state index in [-0.39, 0.29) is 30.4 Å². The first-order valence-corrected chi connectivity index (χ1v) is 10.4. The van der Waals surface area contributed by atoms with Gasteiger partial charge in [0.25, 0.3) is 5.91 Å². The molecule has 28 heavy (non-hydrogen) atoms. The number of carbonyl (C=O) groups is 1. The van der Waals surface area contributed by atoms with Crippen LogP contribution in [0.15, 0.2) is 46.9 Å². The summed E-state index contributed by atoms with van der Waals surface area (Å²) in [6, 6.07) is 12.1. The van der Waals surface area contributed by atoms with Gasteiger partial charge in [-0.1, -0.05) is 23.7 Å². The summed E-state index contributed by atoms with van der Waals surface area (Å²) in [5, 5.41) is 0.543. The number of piperazine rings is 1. The standard InChI is InChI=1S/C21H23BrClFN2O2/c1-14-11-26(21(27)13-28-18-7-8-19(22)20(23)9-18)15(2)10-25(14)12-16-3-5-17(24)6-4-16/h3-9,14-15H,10-13H2,1-2H3. The number of rotatable bonds is 5. The van der Waals surface area contributed by atoms with Crippen LogP contribution in [0.3, 0.4) is 0 Å². The summed E-state index contributed by atoms with van der Waals surface area (Å²) in [5.74, 6) is 0.296. The van der Waals surface area contributed by atoms with Crippen molar-refractivity contribution >= 4 is 33.4 Å². The average molecular weight is 470 g/mol. The van der Waals surface area contributed by atoms with Gasteiger partial charge in [-0.05, 0) is 65.7 Å². The highest BCUT2D eigenvalue weighted by Gasteiger charge is 2.32. The van der Waals surface area contributed by atoms with Gasteiger partial charge in [-0.3, -0.25) is 9.69 Å². The van der Waals surface area contributed by atoms with E-state index in [4.69, 9.17) is 16.3 Å². The second-order valence-electron chi connectivity index (χ2n) is 7.16. The molecule has 2 atom stereocenters. The third kappa shape index (κ3) is 5.25. The van der Waals surface area contributed by atoms with Crippen molar-refractivity contribution < 1.29 is 13.9 Å².